The van der Waals surface area contributed by atoms with Crippen molar-refractivity contribution in [3.05, 3.63) is 72.8 Å². The van der Waals surface area contributed by atoms with E-state index in [0.29, 0.717) is 19.6 Å². The number of carbonyl (C=O) groups excluding carboxylic acids is 2. The molecule has 0 saturated heterocycles. The van der Waals surface area contributed by atoms with Gasteiger partial charge in [-0.3, -0.25) is 9.59 Å². The molecule has 0 aliphatic heterocycles. The van der Waals surface area contributed by atoms with E-state index in [1.807, 2.05) is 86.6 Å². The van der Waals surface area contributed by atoms with Crippen molar-refractivity contribution in [1.82, 2.24) is 0 Å². The minimum Gasteiger partial charge on any atom is -0.466 e. The number of ether oxygens (including phenoxy) is 2. The van der Waals surface area contributed by atoms with E-state index >= 15 is 0 Å². The van der Waals surface area contributed by atoms with Crippen LogP contribution in [0.4, 0.5) is 0 Å². The van der Waals surface area contributed by atoms with E-state index in [-0.39, 0.29) is 28.8 Å². The largest absolute Gasteiger partial charge is 0.466 e. The molecule has 0 bridgehead atoms. The van der Waals surface area contributed by atoms with Gasteiger partial charge in [0, 0.05) is 6.42 Å². The second kappa shape index (κ2) is 27.5. The van der Waals surface area contributed by atoms with Crippen LogP contribution in [0.1, 0.15) is 41.0 Å². The van der Waals surface area contributed by atoms with Crippen molar-refractivity contribution in [1.29, 1.82) is 0 Å². The van der Waals surface area contributed by atoms with Gasteiger partial charge in [-0.1, -0.05) is 93.6 Å². The van der Waals surface area contributed by atoms with Crippen molar-refractivity contribution in [3.63, 3.8) is 0 Å². The van der Waals surface area contributed by atoms with Crippen LogP contribution in [-0.4, -0.2) is 36.1 Å². The number of carbonyl (C=O) groups is 2. The molecular weight excluding hydrogens is 372 g/mol. The van der Waals surface area contributed by atoms with Gasteiger partial charge in [-0.25, -0.2) is 0 Å². The summed E-state index contributed by atoms with van der Waals surface area (Å²) in [5.41, 5.74) is 0. The van der Waals surface area contributed by atoms with Gasteiger partial charge < -0.3 is 20.4 Å². The van der Waals surface area contributed by atoms with Crippen molar-refractivity contribution < 1.29 is 30.0 Å². The molecule has 0 aliphatic rings. The fourth-order valence-corrected chi connectivity index (χ4v) is 1.34. The predicted octanol–water partition coefficient (Wildman–Crippen LogP) is 3.89. The Balaban J connectivity index is -0.000000141. The van der Waals surface area contributed by atoms with Gasteiger partial charge in [0.1, 0.15) is 0 Å². The Morgan fingerprint density at radius 2 is 0.897 bits per heavy atom. The average Bonchev–Trinajstić information content (AvgIpc) is 2.72. The van der Waals surface area contributed by atoms with Gasteiger partial charge in [0.15, 0.2) is 0 Å². The molecule has 29 heavy (non-hydrogen) atoms. The Morgan fingerprint density at radius 3 is 1.00 bits per heavy atom. The molecule has 6 heteroatoms. The molecule has 0 fully saturated rings. The van der Waals surface area contributed by atoms with Crippen molar-refractivity contribution in [3.8, 4) is 0 Å². The normalized spacial score (nSPS) is 7.93. The van der Waals surface area contributed by atoms with Gasteiger partial charge >= 0.3 is 11.9 Å². The van der Waals surface area contributed by atoms with E-state index in [9.17, 15) is 9.59 Å². The lowest BCUT2D eigenvalue weighted by Crippen LogP contribution is -2.10. The summed E-state index contributed by atoms with van der Waals surface area (Å²) in [6, 6.07) is 24.0. The number of hydrogen-bond donors (Lipinski definition) is 0. The smallest absolute Gasteiger partial charge is 0.308 e. The molecule has 2 aromatic rings. The zero-order valence-corrected chi connectivity index (χ0v) is 18.3. The van der Waals surface area contributed by atoms with Crippen LogP contribution in [0.5, 0.6) is 0 Å². The van der Waals surface area contributed by atoms with Crippen LogP contribution in [-0.2, 0) is 19.1 Å². The zero-order valence-electron chi connectivity index (χ0n) is 18.3. The van der Waals surface area contributed by atoms with Crippen molar-refractivity contribution in [2.75, 3.05) is 13.2 Å². The van der Waals surface area contributed by atoms with Crippen LogP contribution >= 0.6 is 0 Å². The van der Waals surface area contributed by atoms with E-state index in [1.165, 1.54) is 0 Å². The third-order valence-corrected chi connectivity index (χ3v) is 2.69. The van der Waals surface area contributed by atoms with Gasteiger partial charge in [-0.15, -0.1) is 0 Å². The number of hydrogen-bond acceptors (Lipinski definition) is 4. The maximum atomic E-state index is 10.5. The summed E-state index contributed by atoms with van der Waals surface area (Å²) < 4.78 is 9.22. The molecule has 0 amide bonds. The Kier molecular flexibility index (Phi) is 32.1. The molecular formula is C23H38O6. The van der Waals surface area contributed by atoms with Gasteiger partial charge in [0.05, 0.1) is 19.1 Å². The van der Waals surface area contributed by atoms with E-state index in [1.54, 1.807) is 20.8 Å². The Labute approximate surface area is 175 Å². The minimum atomic E-state index is -0.123. The summed E-state index contributed by atoms with van der Waals surface area (Å²) in [5, 5.41) is 0. The van der Waals surface area contributed by atoms with Crippen molar-refractivity contribution in [2.24, 2.45) is 5.92 Å². The molecule has 0 aromatic heterocycles. The standard InChI is InChI=1S/C6H12O2.2C6H6.C5H10O2.2H2O/c1-4-8-6(7)5(2)3;2*1-2-4-6-5-3-1;1-3-5(6)7-4-2;;/h5H,4H2,1-3H3;2*1-6H;3-4H2,1-2H3;2*1H2. The van der Waals surface area contributed by atoms with E-state index in [4.69, 9.17) is 0 Å². The van der Waals surface area contributed by atoms with Crippen LogP contribution < -0.4 is 0 Å². The van der Waals surface area contributed by atoms with Gasteiger partial charge in [0.25, 0.3) is 0 Å². The van der Waals surface area contributed by atoms with Crippen LogP contribution in [0.2, 0.25) is 0 Å². The maximum Gasteiger partial charge on any atom is 0.308 e. The molecule has 0 spiro atoms. The lowest BCUT2D eigenvalue weighted by Gasteiger charge is -2.01. The third kappa shape index (κ3) is 30.3. The molecule has 0 heterocycles. The second-order valence-corrected chi connectivity index (χ2v) is 5.37. The molecule has 0 aliphatic carbocycles. The summed E-state index contributed by atoms with van der Waals surface area (Å²) in [4.78, 5) is 20.7. The second-order valence-electron chi connectivity index (χ2n) is 5.37. The van der Waals surface area contributed by atoms with Crippen LogP contribution in [0.3, 0.4) is 0 Å². The van der Waals surface area contributed by atoms with Crippen LogP contribution in [0.25, 0.3) is 0 Å². The first-order valence-electron chi connectivity index (χ1n) is 9.31. The van der Waals surface area contributed by atoms with Crippen LogP contribution in [0.15, 0.2) is 72.8 Å². The van der Waals surface area contributed by atoms with Gasteiger partial charge in [-0.05, 0) is 13.8 Å². The molecule has 0 radical (unpaired) electrons. The summed E-state index contributed by atoms with van der Waals surface area (Å²) in [6.07, 6.45) is 0.480. The molecule has 2 rings (SSSR count). The first kappa shape index (κ1) is 33.9. The SMILES string of the molecule is CCOC(=O)C(C)C.CCOC(=O)CC.O.O.c1ccccc1.c1ccccc1. The summed E-state index contributed by atoms with van der Waals surface area (Å²) in [7, 11) is 0. The van der Waals surface area contributed by atoms with Crippen molar-refractivity contribution in [2.45, 2.75) is 41.0 Å². The number of rotatable bonds is 4. The zero-order chi connectivity index (χ0) is 20.8. The molecule has 2 aromatic carbocycles. The summed E-state index contributed by atoms with van der Waals surface area (Å²) >= 11 is 0. The Bertz CT molecular complexity index is 459. The van der Waals surface area contributed by atoms with Crippen molar-refractivity contribution >= 4 is 11.9 Å². The summed E-state index contributed by atoms with van der Waals surface area (Å²) in [6.45, 7) is 9.99. The molecule has 6 nitrogen and oxygen atoms in total. The third-order valence-electron chi connectivity index (χ3n) is 2.69. The highest BCUT2D eigenvalue weighted by atomic mass is 16.5. The lowest BCUT2D eigenvalue weighted by molar-refractivity contribution is -0.146. The molecule has 0 saturated carbocycles. The maximum absolute atomic E-state index is 10.5. The molecule has 4 N–H and O–H groups in total. The fraction of sp³-hybridized carbons (Fsp3) is 0.391. The molecule has 0 atom stereocenters. The first-order valence-corrected chi connectivity index (χ1v) is 9.31. The minimum absolute atomic E-state index is 0. The highest BCUT2D eigenvalue weighted by molar-refractivity contribution is 5.71. The number of benzene rings is 2. The molecule has 166 valence electrons. The Morgan fingerprint density at radius 1 is 0.621 bits per heavy atom. The molecule has 0 unspecified atom stereocenters. The van der Waals surface area contributed by atoms with Gasteiger partial charge in [0.2, 0.25) is 0 Å². The lowest BCUT2D eigenvalue weighted by atomic mass is 10.2. The fourth-order valence-electron chi connectivity index (χ4n) is 1.34. The van der Waals surface area contributed by atoms with E-state index < -0.39 is 0 Å². The average molecular weight is 411 g/mol. The topological polar surface area (TPSA) is 116 Å². The quantitative estimate of drug-likeness (QED) is 0.711. The van der Waals surface area contributed by atoms with E-state index in [0.717, 1.165) is 0 Å². The summed E-state index contributed by atoms with van der Waals surface area (Å²) in [5.74, 6) is -0.232. The highest BCUT2D eigenvalue weighted by Gasteiger charge is 2.04. The number of esters is 2. The highest BCUT2D eigenvalue weighted by Crippen LogP contribution is 1.93. The monoisotopic (exact) mass is 410 g/mol. The predicted molar refractivity (Wildman–Crippen MR) is 119 cm³/mol. The van der Waals surface area contributed by atoms with E-state index in [2.05, 4.69) is 9.47 Å². The van der Waals surface area contributed by atoms with Crippen LogP contribution in [0, 0.1) is 5.92 Å². The Hall–Kier alpha value is -2.70. The van der Waals surface area contributed by atoms with Gasteiger partial charge in [-0.2, -0.15) is 0 Å². The first-order chi connectivity index (χ1) is 13.0.